The largest absolute Gasteiger partial charge is 0.455 e. The highest BCUT2D eigenvalue weighted by Crippen LogP contribution is 2.63. The van der Waals surface area contributed by atoms with Crippen LogP contribution in [0.5, 0.6) is 5.88 Å². The van der Waals surface area contributed by atoms with Crippen LogP contribution in [0.25, 0.3) is 0 Å². The van der Waals surface area contributed by atoms with Crippen LogP contribution in [0.4, 0.5) is 5.69 Å². The Hall–Kier alpha value is -3.76. The SMILES string of the molecule is NC(=O)c1[nH]cnc1OC(=O)C12CC3CC(CC(OC(=O)c4ccc([N+](=O)[O-])cc4)(C3)C1)C2. The number of aromatic nitrogens is 2. The first-order chi connectivity index (χ1) is 15.7. The summed E-state index contributed by atoms with van der Waals surface area (Å²) in [5.41, 5.74) is 3.68. The van der Waals surface area contributed by atoms with E-state index in [4.69, 9.17) is 15.2 Å². The fourth-order valence-corrected chi connectivity index (χ4v) is 6.24. The van der Waals surface area contributed by atoms with Crippen molar-refractivity contribution in [2.75, 3.05) is 0 Å². The molecule has 1 heterocycles. The van der Waals surface area contributed by atoms with Crippen molar-refractivity contribution in [2.24, 2.45) is 23.0 Å². The van der Waals surface area contributed by atoms with Crippen LogP contribution in [0.1, 0.15) is 59.4 Å². The Morgan fingerprint density at radius 1 is 1.12 bits per heavy atom. The smallest absolute Gasteiger partial charge is 0.338 e. The van der Waals surface area contributed by atoms with Gasteiger partial charge in [0.1, 0.15) is 5.60 Å². The van der Waals surface area contributed by atoms with Crippen molar-refractivity contribution in [3.8, 4) is 5.88 Å². The summed E-state index contributed by atoms with van der Waals surface area (Å²) in [4.78, 5) is 54.5. The van der Waals surface area contributed by atoms with Gasteiger partial charge in [0, 0.05) is 18.6 Å². The van der Waals surface area contributed by atoms with Crippen LogP contribution < -0.4 is 10.5 Å². The van der Waals surface area contributed by atoms with Crippen LogP contribution in [0.15, 0.2) is 30.6 Å². The number of hydrogen-bond acceptors (Lipinski definition) is 8. The molecular formula is C22H22N4O7. The summed E-state index contributed by atoms with van der Waals surface area (Å²) in [5.74, 6) is -1.59. The zero-order valence-electron chi connectivity index (χ0n) is 17.6. The number of carbonyl (C=O) groups is 3. The summed E-state index contributed by atoms with van der Waals surface area (Å²) in [6.07, 6.45) is 5.07. The van der Waals surface area contributed by atoms with Crippen LogP contribution in [-0.2, 0) is 9.53 Å². The van der Waals surface area contributed by atoms with Crippen molar-refractivity contribution in [1.82, 2.24) is 9.97 Å². The number of esters is 2. The summed E-state index contributed by atoms with van der Waals surface area (Å²) in [6.45, 7) is 0. The summed E-state index contributed by atoms with van der Waals surface area (Å²) in [6, 6.07) is 5.26. The molecule has 11 nitrogen and oxygen atoms in total. The molecule has 4 aliphatic carbocycles. The number of nitrogens with zero attached hydrogens (tertiary/aromatic N) is 2. The normalized spacial score (nSPS) is 29.5. The number of rotatable bonds is 6. The number of ether oxygens (including phenoxy) is 2. The third-order valence-corrected chi connectivity index (χ3v) is 7.10. The molecule has 1 aromatic heterocycles. The van der Waals surface area contributed by atoms with Gasteiger partial charge in [0.2, 0.25) is 0 Å². The third kappa shape index (κ3) is 3.62. The minimum absolute atomic E-state index is 0.0765. The van der Waals surface area contributed by atoms with Gasteiger partial charge in [-0.2, -0.15) is 0 Å². The quantitative estimate of drug-likeness (QED) is 0.381. The van der Waals surface area contributed by atoms with Gasteiger partial charge in [-0.3, -0.25) is 19.7 Å². The number of carbonyl (C=O) groups excluding carboxylic acids is 3. The lowest BCUT2D eigenvalue weighted by Gasteiger charge is -2.59. The molecule has 0 spiro atoms. The molecule has 1 amide bonds. The van der Waals surface area contributed by atoms with Crippen molar-refractivity contribution in [3.05, 3.63) is 52.0 Å². The van der Waals surface area contributed by atoms with E-state index in [2.05, 4.69) is 9.97 Å². The zero-order chi connectivity index (χ0) is 23.4. The molecule has 4 saturated carbocycles. The average molecular weight is 454 g/mol. The van der Waals surface area contributed by atoms with Crippen molar-refractivity contribution < 1.29 is 28.8 Å². The minimum Gasteiger partial charge on any atom is -0.455 e. The second kappa shape index (κ2) is 7.39. The number of aromatic amines is 1. The van der Waals surface area contributed by atoms with Crippen LogP contribution in [-0.4, -0.2) is 38.3 Å². The molecule has 0 aliphatic heterocycles. The minimum atomic E-state index is -0.840. The second-order valence-electron chi connectivity index (χ2n) is 9.45. The lowest BCUT2D eigenvalue weighted by Crippen LogP contribution is -2.60. The lowest BCUT2D eigenvalue weighted by atomic mass is 9.48. The van der Waals surface area contributed by atoms with E-state index in [1.165, 1.54) is 30.6 Å². The average Bonchev–Trinajstić information content (AvgIpc) is 3.21. The molecular weight excluding hydrogens is 432 g/mol. The molecule has 0 saturated heterocycles. The van der Waals surface area contributed by atoms with Gasteiger partial charge in [0.05, 0.1) is 22.2 Å². The third-order valence-electron chi connectivity index (χ3n) is 7.10. The number of H-pyrrole nitrogens is 1. The van der Waals surface area contributed by atoms with Crippen molar-refractivity contribution in [1.29, 1.82) is 0 Å². The van der Waals surface area contributed by atoms with Gasteiger partial charge < -0.3 is 20.2 Å². The second-order valence-corrected chi connectivity index (χ2v) is 9.45. The number of nitro groups is 1. The summed E-state index contributed by atoms with van der Waals surface area (Å²) in [5, 5.41) is 10.9. The zero-order valence-corrected chi connectivity index (χ0v) is 17.6. The first kappa shape index (κ1) is 21.1. The number of hydrogen-bond donors (Lipinski definition) is 2. The van der Waals surface area contributed by atoms with Crippen LogP contribution in [0, 0.1) is 27.4 Å². The van der Waals surface area contributed by atoms with Crippen molar-refractivity contribution in [3.63, 3.8) is 0 Å². The number of nitrogens with two attached hydrogens (primary N) is 1. The molecule has 2 atom stereocenters. The molecule has 4 aliphatic rings. The van der Waals surface area contributed by atoms with E-state index >= 15 is 0 Å². The predicted molar refractivity (Wildman–Crippen MR) is 111 cm³/mol. The topological polar surface area (TPSA) is 168 Å². The maximum atomic E-state index is 13.3. The van der Waals surface area contributed by atoms with E-state index in [1.807, 2.05) is 0 Å². The molecule has 2 aromatic rings. The van der Waals surface area contributed by atoms with Gasteiger partial charge in [-0.25, -0.2) is 9.78 Å². The highest BCUT2D eigenvalue weighted by Gasteiger charge is 2.63. The standard InChI is InChI=1S/C22H22N4O7/c23-17(27)16-18(25-11-24-16)32-20(29)21-6-12-5-13(7-21)9-22(8-12,10-21)33-19(28)14-1-3-15(4-2-14)26(30)31/h1-4,11-13H,5-10H2,(H2,23,27)(H,24,25). The van der Waals surface area contributed by atoms with Crippen LogP contribution in [0.3, 0.4) is 0 Å². The summed E-state index contributed by atoms with van der Waals surface area (Å²) in [7, 11) is 0. The molecule has 3 N–H and O–H groups in total. The Morgan fingerprint density at radius 2 is 1.79 bits per heavy atom. The maximum absolute atomic E-state index is 13.3. The van der Waals surface area contributed by atoms with Gasteiger partial charge in [0.15, 0.2) is 5.69 Å². The summed E-state index contributed by atoms with van der Waals surface area (Å²) >= 11 is 0. The van der Waals surface area contributed by atoms with Gasteiger partial charge in [-0.05, 0) is 56.1 Å². The molecule has 6 rings (SSSR count). The van der Waals surface area contributed by atoms with E-state index in [0.717, 1.165) is 6.42 Å². The van der Waals surface area contributed by atoms with Crippen LogP contribution >= 0.6 is 0 Å². The number of non-ortho nitro benzene ring substituents is 1. The van der Waals surface area contributed by atoms with Crippen molar-refractivity contribution in [2.45, 2.75) is 44.1 Å². The van der Waals surface area contributed by atoms with E-state index in [9.17, 15) is 24.5 Å². The Labute approximate surface area is 187 Å². The number of imidazole rings is 1. The highest BCUT2D eigenvalue weighted by atomic mass is 16.6. The Balaban J connectivity index is 1.37. The molecule has 4 fully saturated rings. The molecule has 172 valence electrons. The molecule has 33 heavy (non-hydrogen) atoms. The first-order valence-corrected chi connectivity index (χ1v) is 10.7. The number of amides is 1. The van der Waals surface area contributed by atoms with Gasteiger partial charge in [0.25, 0.3) is 17.5 Å². The summed E-state index contributed by atoms with van der Waals surface area (Å²) < 4.78 is 11.5. The van der Waals surface area contributed by atoms with E-state index in [0.29, 0.717) is 32.1 Å². The fraction of sp³-hybridized carbons (Fsp3) is 0.455. The van der Waals surface area contributed by atoms with E-state index in [-0.39, 0.29) is 34.7 Å². The fourth-order valence-electron chi connectivity index (χ4n) is 6.24. The monoisotopic (exact) mass is 454 g/mol. The predicted octanol–water partition coefficient (Wildman–Crippen LogP) is 2.52. The highest BCUT2D eigenvalue weighted by molar-refractivity contribution is 5.94. The number of nitro benzene ring substituents is 1. The van der Waals surface area contributed by atoms with Gasteiger partial charge in [-0.1, -0.05) is 0 Å². The van der Waals surface area contributed by atoms with Crippen LogP contribution in [0.2, 0.25) is 0 Å². The molecule has 2 unspecified atom stereocenters. The van der Waals surface area contributed by atoms with E-state index < -0.39 is 33.8 Å². The van der Waals surface area contributed by atoms with E-state index in [1.54, 1.807) is 0 Å². The molecule has 11 heteroatoms. The maximum Gasteiger partial charge on any atom is 0.338 e. The van der Waals surface area contributed by atoms with Crippen molar-refractivity contribution >= 4 is 23.5 Å². The first-order valence-electron chi connectivity index (χ1n) is 10.7. The molecule has 4 bridgehead atoms. The Morgan fingerprint density at radius 3 is 2.39 bits per heavy atom. The number of benzene rings is 1. The molecule has 1 aromatic carbocycles. The Bertz CT molecular complexity index is 1140. The van der Waals surface area contributed by atoms with Gasteiger partial charge >= 0.3 is 11.9 Å². The van der Waals surface area contributed by atoms with Gasteiger partial charge in [-0.15, -0.1) is 0 Å². The number of nitrogens with one attached hydrogen (secondary N) is 1. The molecule has 0 radical (unpaired) electrons. The number of primary amides is 1. The Kier molecular flexibility index (Phi) is 4.73. The lowest BCUT2D eigenvalue weighted by molar-refractivity contribution is -0.384.